The zero-order valence-electron chi connectivity index (χ0n) is 6.43. The van der Waals surface area contributed by atoms with E-state index in [2.05, 4.69) is 0 Å². The number of benzene rings is 1. The Balaban J connectivity index is 3.26. The molecule has 0 aliphatic heterocycles. The molecule has 0 heterocycles. The average Bonchev–Trinajstić information content (AvgIpc) is 2.03. The molecule has 0 unspecified atom stereocenters. The van der Waals surface area contributed by atoms with Gasteiger partial charge in [-0.3, -0.25) is 4.79 Å². The van der Waals surface area contributed by atoms with Crippen molar-refractivity contribution in [3.8, 4) is 0 Å². The molecule has 0 spiro atoms. The van der Waals surface area contributed by atoms with Crippen molar-refractivity contribution < 1.29 is 4.79 Å². The maximum Gasteiger partial charge on any atom is 0.249 e. The van der Waals surface area contributed by atoms with E-state index >= 15 is 0 Å². The second kappa shape index (κ2) is 4.18. The van der Waals surface area contributed by atoms with Gasteiger partial charge in [0.25, 0.3) is 0 Å². The summed E-state index contributed by atoms with van der Waals surface area (Å²) in [4.78, 5) is 10.1. The molecule has 0 aliphatic carbocycles. The largest absolute Gasteiger partial charge is 0.366 e. The van der Waals surface area contributed by atoms with Crippen LogP contribution in [0.3, 0.4) is 0 Å². The van der Waals surface area contributed by atoms with Gasteiger partial charge in [0.1, 0.15) is 4.84 Å². The van der Waals surface area contributed by atoms with Gasteiger partial charge in [0.15, 0.2) is 0 Å². The smallest absolute Gasteiger partial charge is 0.249 e. The van der Waals surface area contributed by atoms with E-state index in [1.165, 1.54) is 12.1 Å². The minimum absolute atomic E-state index is 0.291. The van der Waals surface area contributed by atoms with E-state index in [0.29, 0.717) is 16.1 Å². The van der Waals surface area contributed by atoms with Gasteiger partial charge in [0, 0.05) is 10.6 Å². The summed E-state index contributed by atoms with van der Waals surface area (Å²) < 4.78 is 0. The van der Waals surface area contributed by atoms with Crippen LogP contribution in [0.15, 0.2) is 18.2 Å². The van der Waals surface area contributed by atoms with E-state index in [-0.39, 0.29) is 0 Å². The van der Waals surface area contributed by atoms with Crippen LogP contribution in [0.2, 0.25) is 5.02 Å². The molecule has 1 rings (SSSR count). The molecule has 2 N–H and O–H groups in total. The molecule has 0 aromatic heterocycles. The number of hydrogen-bond acceptors (Lipinski definition) is 1. The van der Waals surface area contributed by atoms with E-state index < -0.39 is 10.7 Å². The van der Waals surface area contributed by atoms with Gasteiger partial charge in [-0.15, -0.1) is 23.2 Å². The minimum Gasteiger partial charge on any atom is -0.366 e. The zero-order chi connectivity index (χ0) is 10.0. The Bertz CT molecular complexity index is 338. The van der Waals surface area contributed by atoms with Crippen LogP contribution >= 0.6 is 34.8 Å². The van der Waals surface area contributed by atoms with E-state index in [1.54, 1.807) is 6.07 Å². The van der Waals surface area contributed by atoms with Crippen molar-refractivity contribution >= 4 is 40.7 Å². The maximum absolute atomic E-state index is 10.9. The molecule has 0 fully saturated rings. The summed E-state index contributed by atoms with van der Waals surface area (Å²) in [6.07, 6.45) is 0. The van der Waals surface area contributed by atoms with E-state index in [9.17, 15) is 4.79 Å². The molecule has 0 bridgehead atoms. The van der Waals surface area contributed by atoms with Gasteiger partial charge in [-0.2, -0.15) is 0 Å². The van der Waals surface area contributed by atoms with Crippen molar-refractivity contribution in [1.82, 2.24) is 0 Å². The lowest BCUT2D eigenvalue weighted by molar-refractivity contribution is 0.0999. The van der Waals surface area contributed by atoms with Crippen molar-refractivity contribution in [1.29, 1.82) is 0 Å². The van der Waals surface area contributed by atoms with Gasteiger partial charge in [0.05, 0.1) is 0 Å². The standard InChI is InChI=1S/C8H6Cl3NO/c9-4-1-2-5(8(12)13)6(3-4)7(10)11/h1-3,7H,(H2,12,13). The lowest BCUT2D eigenvalue weighted by atomic mass is 10.1. The molecule has 0 aliphatic rings. The molecule has 0 saturated heterocycles. The Morgan fingerprint density at radius 2 is 2.00 bits per heavy atom. The van der Waals surface area contributed by atoms with Crippen LogP contribution in [0.25, 0.3) is 0 Å². The Morgan fingerprint density at radius 1 is 1.38 bits per heavy atom. The fourth-order valence-corrected chi connectivity index (χ4v) is 1.48. The highest BCUT2D eigenvalue weighted by Gasteiger charge is 2.13. The number of alkyl halides is 2. The summed E-state index contributed by atoms with van der Waals surface area (Å²) in [6, 6.07) is 4.57. The molecular weight excluding hydrogens is 232 g/mol. The molecule has 0 atom stereocenters. The molecular formula is C8H6Cl3NO. The first-order valence-electron chi connectivity index (χ1n) is 3.39. The first-order valence-corrected chi connectivity index (χ1v) is 4.65. The average molecular weight is 239 g/mol. The predicted molar refractivity (Wildman–Crippen MR) is 54.4 cm³/mol. The van der Waals surface area contributed by atoms with Gasteiger partial charge in [-0.25, -0.2) is 0 Å². The van der Waals surface area contributed by atoms with Gasteiger partial charge >= 0.3 is 0 Å². The van der Waals surface area contributed by atoms with Crippen molar-refractivity contribution in [2.24, 2.45) is 5.73 Å². The molecule has 1 amide bonds. The Kier molecular flexibility index (Phi) is 3.42. The van der Waals surface area contributed by atoms with Crippen molar-refractivity contribution in [2.45, 2.75) is 4.84 Å². The van der Waals surface area contributed by atoms with E-state index in [4.69, 9.17) is 40.5 Å². The van der Waals surface area contributed by atoms with Crippen LogP contribution in [0.1, 0.15) is 20.8 Å². The van der Waals surface area contributed by atoms with Gasteiger partial charge < -0.3 is 5.73 Å². The van der Waals surface area contributed by atoms with Crippen LogP contribution in [0.4, 0.5) is 0 Å². The Morgan fingerprint density at radius 3 is 2.46 bits per heavy atom. The zero-order valence-corrected chi connectivity index (χ0v) is 8.70. The number of halogens is 3. The van der Waals surface area contributed by atoms with E-state index in [0.717, 1.165) is 0 Å². The quantitative estimate of drug-likeness (QED) is 0.791. The monoisotopic (exact) mass is 237 g/mol. The molecule has 0 radical (unpaired) electrons. The third kappa shape index (κ3) is 2.50. The summed E-state index contributed by atoms with van der Waals surface area (Å²) in [5.74, 6) is -0.571. The lowest BCUT2D eigenvalue weighted by Gasteiger charge is -2.07. The first kappa shape index (κ1) is 10.6. The number of rotatable bonds is 2. The highest BCUT2D eigenvalue weighted by atomic mass is 35.5. The van der Waals surface area contributed by atoms with Crippen LogP contribution in [0.5, 0.6) is 0 Å². The predicted octanol–water partition coefficient (Wildman–Crippen LogP) is 2.92. The summed E-state index contributed by atoms with van der Waals surface area (Å²) in [7, 11) is 0. The second-order valence-corrected chi connectivity index (χ2v) is 3.93. The molecule has 2 nitrogen and oxygen atoms in total. The van der Waals surface area contributed by atoms with Crippen molar-refractivity contribution in [3.05, 3.63) is 34.3 Å². The first-order chi connectivity index (χ1) is 6.02. The third-order valence-electron chi connectivity index (χ3n) is 1.51. The summed E-state index contributed by atoms with van der Waals surface area (Å²) in [5, 5.41) is 0.464. The second-order valence-electron chi connectivity index (χ2n) is 2.40. The SMILES string of the molecule is NC(=O)c1ccc(Cl)cc1C(Cl)Cl. The topological polar surface area (TPSA) is 43.1 Å². The fraction of sp³-hybridized carbons (Fsp3) is 0.125. The molecule has 1 aromatic carbocycles. The highest BCUT2D eigenvalue weighted by Crippen LogP contribution is 2.29. The molecule has 1 aromatic rings. The number of primary amides is 1. The summed E-state index contributed by atoms with van der Waals surface area (Å²) in [6.45, 7) is 0. The Labute approximate surface area is 90.6 Å². The van der Waals surface area contributed by atoms with Gasteiger partial charge in [0.2, 0.25) is 5.91 Å². The number of nitrogens with two attached hydrogens (primary N) is 1. The van der Waals surface area contributed by atoms with Crippen LogP contribution < -0.4 is 5.73 Å². The van der Waals surface area contributed by atoms with Crippen LogP contribution in [-0.4, -0.2) is 5.91 Å². The molecule has 5 heteroatoms. The number of carbonyl (C=O) groups is 1. The summed E-state index contributed by atoms with van der Waals surface area (Å²) in [5.41, 5.74) is 5.83. The number of hydrogen-bond donors (Lipinski definition) is 1. The van der Waals surface area contributed by atoms with E-state index in [1.807, 2.05) is 0 Å². The minimum atomic E-state index is -0.804. The lowest BCUT2D eigenvalue weighted by Crippen LogP contribution is -2.13. The van der Waals surface area contributed by atoms with Gasteiger partial charge in [-0.1, -0.05) is 11.6 Å². The number of amides is 1. The highest BCUT2D eigenvalue weighted by molar-refractivity contribution is 6.44. The third-order valence-corrected chi connectivity index (χ3v) is 2.22. The number of carbonyl (C=O) groups excluding carboxylic acids is 1. The van der Waals surface area contributed by atoms with Crippen molar-refractivity contribution in [3.63, 3.8) is 0 Å². The van der Waals surface area contributed by atoms with Crippen LogP contribution in [-0.2, 0) is 0 Å². The van der Waals surface area contributed by atoms with Crippen LogP contribution in [0, 0.1) is 0 Å². The molecule has 0 saturated carbocycles. The normalized spacial score (nSPS) is 10.5. The molecule has 13 heavy (non-hydrogen) atoms. The van der Waals surface area contributed by atoms with Crippen molar-refractivity contribution in [2.75, 3.05) is 0 Å². The van der Waals surface area contributed by atoms with Gasteiger partial charge in [-0.05, 0) is 23.8 Å². The fourth-order valence-electron chi connectivity index (χ4n) is 0.939. The Hall–Kier alpha value is -0.440. The summed E-state index contributed by atoms with van der Waals surface area (Å²) >= 11 is 16.9. The maximum atomic E-state index is 10.9. The molecule has 70 valence electrons.